The lowest BCUT2D eigenvalue weighted by Crippen LogP contribution is -2.16. The van der Waals surface area contributed by atoms with Gasteiger partial charge in [-0.2, -0.15) is 5.26 Å². The van der Waals surface area contributed by atoms with Crippen molar-refractivity contribution in [2.45, 2.75) is 26.2 Å². The molecule has 2 aromatic heterocycles. The van der Waals surface area contributed by atoms with Crippen LogP contribution in [0, 0.1) is 11.3 Å². The molecular formula is C14H17N5O. The van der Waals surface area contributed by atoms with Gasteiger partial charge in [0.05, 0.1) is 5.56 Å². The van der Waals surface area contributed by atoms with E-state index in [1.54, 1.807) is 12.1 Å². The van der Waals surface area contributed by atoms with Gasteiger partial charge in [-0.1, -0.05) is 6.92 Å². The second kappa shape index (κ2) is 7.36. The summed E-state index contributed by atoms with van der Waals surface area (Å²) in [6.45, 7) is 4.12. The first kappa shape index (κ1) is 14.2. The number of nitriles is 1. The summed E-state index contributed by atoms with van der Waals surface area (Å²) in [6, 6.07) is 5.41. The largest absolute Gasteiger partial charge is 0.419 e. The zero-order valence-electron chi connectivity index (χ0n) is 11.5. The van der Waals surface area contributed by atoms with E-state index in [-0.39, 0.29) is 0 Å². The smallest absolute Gasteiger partial charge is 0.266 e. The predicted molar refractivity (Wildman–Crippen MR) is 73.7 cm³/mol. The highest BCUT2D eigenvalue weighted by Crippen LogP contribution is 2.15. The van der Waals surface area contributed by atoms with Crippen LogP contribution in [0.25, 0.3) is 11.6 Å². The fraction of sp³-hybridized carbons (Fsp3) is 0.429. The third-order valence-corrected chi connectivity index (χ3v) is 2.75. The third-order valence-electron chi connectivity index (χ3n) is 2.75. The molecule has 0 atom stereocenters. The van der Waals surface area contributed by atoms with Gasteiger partial charge in [0.15, 0.2) is 0 Å². The molecule has 2 rings (SSSR count). The Labute approximate surface area is 117 Å². The Morgan fingerprint density at radius 2 is 2.20 bits per heavy atom. The molecule has 0 aliphatic rings. The molecule has 104 valence electrons. The van der Waals surface area contributed by atoms with Gasteiger partial charge in [-0.25, -0.2) is 4.98 Å². The average Bonchev–Trinajstić information content (AvgIpc) is 2.96. The van der Waals surface area contributed by atoms with E-state index in [1.807, 2.05) is 6.07 Å². The maximum Gasteiger partial charge on any atom is 0.266 e. The van der Waals surface area contributed by atoms with Gasteiger partial charge in [-0.15, -0.1) is 10.2 Å². The topological polar surface area (TPSA) is 87.6 Å². The van der Waals surface area contributed by atoms with Crippen molar-refractivity contribution in [1.82, 2.24) is 20.5 Å². The van der Waals surface area contributed by atoms with Gasteiger partial charge in [0.2, 0.25) is 5.89 Å². The molecule has 0 aromatic carbocycles. The fourth-order valence-corrected chi connectivity index (χ4v) is 1.71. The van der Waals surface area contributed by atoms with Crippen molar-refractivity contribution >= 4 is 0 Å². The van der Waals surface area contributed by atoms with E-state index in [0.29, 0.717) is 23.0 Å². The molecule has 1 N–H and O–H groups in total. The van der Waals surface area contributed by atoms with E-state index in [4.69, 9.17) is 9.68 Å². The van der Waals surface area contributed by atoms with Crippen LogP contribution in [0.1, 0.15) is 31.2 Å². The predicted octanol–water partition coefficient (Wildman–Crippen LogP) is 1.94. The van der Waals surface area contributed by atoms with Crippen LogP contribution in [0.5, 0.6) is 0 Å². The summed E-state index contributed by atoms with van der Waals surface area (Å²) in [5, 5.41) is 20.0. The Morgan fingerprint density at radius 3 is 2.90 bits per heavy atom. The Morgan fingerprint density at radius 1 is 1.30 bits per heavy atom. The first-order valence-electron chi connectivity index (χ1n) is 6.73. The molecule has 0 unspecified atom stereocenters. The highest BCUT2D eigenvalue weighted by atomic mass is 16.4. The minimum atomic E-state index is 0.394. The van der Waals surface area contributed by atoms with Crippen LogP contribution < -0.4 is 5.32 Å². The van der Waals surface area contributed by atoms with Crippen LogP contribution >= 0.6 is 0 Å². The maximum absolute atomic E-state index is 8.71. The summed E-state index contributed by atoms with van der Waals surface area (Å²) in [4.78, 5) is 4.12. The van der Waals surface area contributed by atoms with E-state index in [9.17, 15) is 0 Å². The Kier molecular flexibility index (Phi) is 5.21. The number of rotatable bonds is 7. The number of hydrogen-bond donors (Lipinski definition) is 1. The molecule has 0 saturated carbocycles. The van der Waals surface area contributed by atoms with E-state index < -0.39 is 0 Å². The molecule has 6 nitrogen and oxygen atoms in total. The van der Waals surface area contributed by atoms with Gasteiger partial charge in [0.1, 0.15) is 11.8 Å². The molecule has 0 bridgehead atoms. The van der Waals surface area contributed by atoms with E-state index in [0.717, 1.165) is 32.4 Å². The molecule has 0 aliphatic carbocycles. The quantitative estimate of drug-likeness (QED) is 0.774. The monoisotopic (exact) mass is 271 g/mol. The van der Waals surface area contributed by atoms with Gasteiger partial charge in [-0.05, 0) is 38.1 Å². The second-order valence-corrected chi connectivity index (χ2v) is 4.40. The molecule has 6 heteroatoms. The highest BCUT2D eigenvalue weighted by Gasteiger charge is 2.09. The van der Waals surface area contributed by atoms with Crippen LogP contribution in [0.3, 0.4) is 0 Å². The van der Waals surface area contributed by atoms with Crippen molar-refractivity contribution in [3.63, 3.8) is 0 Å². The minimum absolute atomic E-state index is 0.394. The molecule has 20 heavy (non-hydrogen) atoms. The summed E-state index contributed by atoms with van der Waals surface area (Å²) in [5.41, 5.74) is 1.10. The molecule has 0 saturated heterocycles. The van der Waals surface area contributed by atoms with Crippen LogP contribution in [0.2, 0.25) is 0 Å². The Balaban J connectivity index is 1.89. The second-order valence-electron chi connectivity index (χ2n) is 4.40. The summed E-state index contributed by atoms with van der Waals surface area (Å²) in [7, 11) is 0. The molecule has 0 aliphatic heterocycles. The maximum atomic E-state index is 8.71. The molecule has 0 fully saturated rings. The number of aryl methyl sites for hydroxylation is 1. The number of aromatic nitrogens is 3. The van der Waals surface area contributed by atoms with E-state index in [2.05, 4.69) is 27.4 Å². The summed E-state index contributed by atoms with van der Waals surface area (Å²) in [5.74, 6) is 1.01. The van der Waals surface area contributed by atoms with Gasteiger partial charge < -0.3 is 9.73 Å². The van der Waals surface area contributed by atoms with Crippen LogP contribution in [-0.2, 0) is 6.42 Å². The lowest BCUT2D eigenvalue weighted by molar-refractivity contribution is 0.490. The standard InChI is InChI=1S/C14H17N5O/c1-2-7-16-8-3-4-13-18-19-14(20-13)12-6-5-11(9-15)10-17-12/h5-6,10,16H,2-4,7-8H2,1H3. The molecular weight excluding hydrogens is 254 g/mol. The van der Waals surface area contributed by atoms with E-state index >= 15 is 0 Å². The van der Waals surface area contributed by atoms with Crippen molar-refractivity contribution in [3.8, 4) is 17.7 Å². The minimum Gasteiger partial charge on any atom is -0.419 e. The average molecular weight is 271 g/mol. The van der Waals surface area contributed by atoms with Gasteiger partial charge in [-0.3, -0.25) is 0 Å². The molecule has 0 spiro atoms. The zero-order valence-corrected chi connectivity index (χ0v) is 11.5. The Hall–Kier alpha value is -2.26. The molecule has 2 heterocycles. The number of pyridine rings is 1. The summed E-state index contributed by atoms with van der Waals surface area (Å²) in [6.07, 6.45) is 4.34. The zero-order chi connectivity index (χ0) is 14.2. The normalized spacial score (nSPS) is 10.4. The number of nitrogens with one attached hydrogen (secondary N) is 1. The van der Waals surface area contributed by atoms with Gasteiger partial charge >= 0.3 is 0 Å². The van der Waals surface area contributed by atoms with Crippen molar-refractivity contribution < 1.29 is 4.42 Å². The number of nitrogens with zero attached hydrogens (tertiary/aromatic N) is 4. The van der Waals surface area contributed by atoms with Crippen LogP contribution in [-0.4, -0.2) is 28.3 Å². The number of hydrogen-bond acceptors (Lipinski definition) is 6. The summed E-state index contributed by atoms with van der Waals surface area (Å²) >= 11 is 0. The lowest BCUT2D eigenvalue weighted by atomic mass is 10.3. The molecule has 2 aromatic rings. The van der Waals surface area contributed by atoms with Crippen molar-refractivity contribution in [2.75, 3.05) is 13.1 Å². The SMILES string of the molecule is CCCNCCCc1nnc(-c2ccc(C#N)cn2)o1. The van der Waals surface area contributed by atoms with Crippen molar-refractivity contribution in [1.29, 1.82) is 5.26 Å². The Bertz CT molecular complexity index is 570. The highest BCUT2D eigenvalue weighted by molar-refractivity contribution is 5.47. The molecule has 0 radical (unpaired) electrons. The first-order chi connectivity index (χ1) is 9.83. The van der Waals surface area contributed by atoms with Gasteiger partial charge in [0.25, 0.3) is 5.89 Å². The van der Waals surface area contributed by atoms with Crippen LogP contribution in [0.15, 0.2) is 22.7 Å². The van der Waals surface area contributed by atoms with Crippen molar-refractivity contribution in [2.24, 2.45) is 0 Å². The first-order valence-corrected chi connectivity index (χ1v) is 6.73. The van der Waals surface area contributed by atoms with Crippen LogP contribution in [0.4, 0.5) is 0 Å². The fourth-order valence-electron chi connectivity index (χ4n) is 1.71. The summed E-state index contributed by atoms with van der Waals surface area (Å²) < 4.78 is 5.55. The lowest BCUT2D eigenvalue weighted by Gasteiger charge is -1.99. The van der Waals surface area contributed by atoms with Crippen molar-refractivity contribution in [3.05, 3.63) is 29.8 Å². The third kappa shape index (κ3) is 3.87. The van der Waals surface area contributed by atoms with Gasteiger partial charge in [0, 0.05) is 12.6 Å². The molecule has 0 amide bonds. The van der Waals surface area contributed by atoms with E-state index in [1.165, 1.54) is 6.20 Å².